The highest BCUT2D eigenvalue weighted by Gasteiger charge is 2.14. The van der Waals surface area contributed by atoms with E-state index in [9.17, 15) is 4.79 Å². The smallest absolute Gasteiger partial charge is 0.236 e. The first-order valence-corrected chi connectivity index (χ1v) is 6.70. The molecule has 0 aromatic heterocycles. The molecule has 0 radical (unpaired) electrons. The first kappa shape index (κ1) is 17.4. The maximum Gasteiger partial charge on any atom is 0.236 e. The van der Waals surface area contributed by atoms with Gasteiger partial charge in [-0.05, 0) is 20.4 Å². The number of carbonyl (C=O) groups excluding carboxylic acids is 1. The molecule has 0 N–H and O–H groups in total. The van der Waals surface area contributed by atoms with Gasteiger partial charge in [0.25, 0.3) is 0 Å². The van der Waals surface area contributed by atoms with E-state index in [1.165, 1.54) is 0 Å². The maximum absolute atomic E-state index is 11.6. The van der Waals surface area contributed by atoms with Crippen molar-refractivity contribution in [3.05, 3.63) is 0 Å². The van der Waals surface area contributed by atoms with E-state index in [1.54, 1.807) is 19.0 Å². The SMILES string of the molecule is CCOC(CCN(CC)CC(=O)N(C)C)OCC. The molecular formula is C13H28N2O3. The molecule has 0 aromatic carbocycles. The minimum atomic E-state index is -0.163. The van der Waals surface area contributed by atoms with Crippen molar-refractivity contribution < 1.29 is 14.3 Å². The van der Waals surface area contributed by atoms with Crippen LogP contribution in [-0.2, 0) is 14.3 Å². The summed E-state index contributed by atoms with van der Waals surface area (Å²) in [5.74, 6) is 0.126. The van der Waals surface area contributed by atoms with Crippen LogP contribution in [0.25, 0.3) is 0 Å². The Bertz CT molecular complexity index is 216. The Morgan fingerprint density at radius 3 is 2.06 bits per heavy atom. The summed E-state index contributed by atoms with van der Waals surface area (Å²) < 4.78 is 11.0. The monoisotopic (exact) mass is 260 g/mol. The minimum absolute atomic E-state index is 0.126. The second kappa shape index (κ2) is 10.3. The van der Waals surface area contributed by atoms with Crippen LogP contribution in [0.2, 0.25) is 0 Å². The summed E-state index contributed by atoms with van der Waals surface area (Å²) >= 11 is 0. The Morgan fingerprint density at radius 1 is 1.11 bits per heavy atom. The summed E-state index contributed by atoms with van der Waals surface area (Å²) in [4.78, 5) is 15.4. The Kier molecular flexibility index (Phi) is 9.92. The van der Waals surface area contributed by atoms with Crippen LogP contribution in [0, 0.1) is 0 Å². The average molecular weight is 260 g/mol. The average Bonchev–Trinajstić information content (AvgIpc) is 2.34. The Morgan fingerprint density at radius 2 is 1.67 bits per heavy atom. The molecule has 0 unspecified atom stereocenters. The fourth-order valence-electron chi connectivity index (χ4n) is 1.56. The maximum atomic E-state index is 11.6. The number of amides is 1. The molecule has 108 valence electrons. The van der Waals surface area contributed by atoms with Gasteiger partial charge < -0.3 is 14.4 Å². The highest BCUT2D eigenvalue weighted by atomic mass is 16.7. The third-order valence-electron chi connectivity index (χ3n) is 2.69. The van der Waals surface area contributed by atoms with Crippen LogP contribution >= 0.6 is 0 Å². The van der Waals surface area contributed by atoms with Gasteiger partial charge in [0.1, 0.15) is 0 Å². The number of rotatable bonds is 10. The van der Waals surface area contributed by atoms with Gasteiger partial charge in [0, 0.05) is 40.3 Å². The summed E-state index contributed by atoms with van der Waals surface area (Å²) in [6.07, 6.45) is 0.625. The van der Waals surface area contributed by atoms with Crippen LogP contribution in [0.5, 0.6) is 0 Å². The molecule has 18 heavy (non-hydrogen) atoms. The number of hydrogen-bond acceptors (Lipinski definition) is 4. The fraction of sp³-hybridized carbons (Fsp3) is 0.923. The zero-order valence-corrected chi connectivity index (χ0v) is 12.4. The lowest BCUT2D eigenvalue weighted by atomic mass is 10.3. The highest BCUT2D eigenvalue weighted by Crippen LogP contribution is 2.03. The van der Waals surface area contributed by atoms with Gasteiger partial charge in [-0.1, -0.05) is 6.92 Å². The molecule has 0 saturated heterocycles. The second-order valence-corrected chi connectivity index (χ2v) is 4.29. The summed E-state index contributed by atoms with van der Waals surface area (Å²) in [6.45, 7) is 9.37. The van der Waals surface area contributed by atoms with Crippen LogP contribution in [-0.4, -0.2) is 68.9 Å². The van der Waals surface area contributed by atoms with Gasteiger partial charge in [-0.25, -0.2) is 0 Å². The van der Waals surface area contributed by atoms with Crippen molar-refractivity contribution in [1.82, 2.24) is 9.80 Å². The van der Waals surface area contributed by atoms with Gasteiger partial charge in [-0.3, -0.25) is 9.69 Å². The molecule has 5 heteroatoms. The van der Waals surface area contributed by atoms with E-state index in [0.717, 1.165) is 19.5 Å². The minimum Gasteiger partial charge on any atom is -0.353 e. The predicted molar refractivity (Wildman–Crippen MR) is 72.5 cm³/mol. The van der Waals surface area contributed by atoms with Crippen molar-refractivity contribution in [1.29, 1.82) is 0 Å². The first-order valence-electron chi connectivity index (χ1n) is 6.70. The van der Waals surface area contributed by atoms with Crippen molar-refractivity contribution in [3.63, 3.8) is 0 Å². The van der Waals surface area contributed by atoms with Crippen LogP contribution in [0.15, 0.2) is 0 Å². The third kappa shape index (κ3) is 7.63. The van der Waals surface area contributed by atoms with Gasteiger partial charge in [-0.15, -0.1) is 0 Å². The van der Waals surface area contributed by atoms with Crippen LogP contribution in [0.1, 0.15) is 27.2 Å². The van der Waals surface area contributed by atoms with E-state index in [2.05, 4.69) is 11.8 Å². The molecule has 0 saturated carbocycles. The number of carbonyl (C=O) groups is 1. The van der Waals surface area contributed by atoms with Gasteiger partial charge in [0.15, 0.2) is 6.29 Å². The molecule has 0 aliphatic carbocycles. The molecular weight excluding hydrogens is 232 g/mol. The van der Waals surface area contributed by atoms with E-state index in [4.69, 9.17) is 9.47 Å². The quantitative estimate of drug-likeness (QED) is 0.553. The molecule has 0 aromatic rings. The fourth-order valence-corrected chi connectivity index (χ4v) is 1.56. The Hall–Kier alpha value is -0.650. The zero-order chi connectivity index (χ0) is 14.0. The van der Waals surface area contributed by atoms with Gasteiger partial charge in [-0.2, -0.15) is 0 Å². The van der Waals surface area contributed by atoms with Crippen LogP contribution < -0.4 is 0 Å². The Balaban J connectivity index is 4.06. The van der Waals surface area contributed by atoms with E-state index in [1.807, 2.05) is 13.8 Å². The summed E-state index contributed by atoms with van der Waals surface area (Å²) in [7, 11) is 3.55. The number of nitrogens with zero attached hydrogens (tertiary/aromatic N) is 2. The molecule has 0 heterocycles. The lowest BCUT2D eigenvalue weighted by molar-refractivity contribution is -0.143. The van der Waals surface area contributed by atoms with Crippen LogP contribution in [0.3, 0.4) is 0 Å². The third-order valence-corrected chi connectivity index (χ3v) is 2.69. The predicted octanol–water partition coefficient (Wildman–Crippen LogP) is 1.19. The normalized spacial score (nSPS) is 11.3. The van der Waals surface area contributed by atoms with Crippen molar-refractivity contribution >= 4 is 5.91 Å². The van der Waals surface area contributed by atoms with Crippen molar-refractivity contribution in [2.75, 3.05) is 46.9 Å². The van der Waals surface area contributed by atoms with Crippen molar-refractivity contribution in [3.8, 4) is 0 Å². The van der Waals surface area contributed by atoms with E-state index < -0.39 is 0 Å². The van der Waals surface area contributed by atoms with Crippen molar-refractivity contribution in [2.45, 2.75) is 33.5 Å². The lowest BCUT2D eigenvalue weighted by Gasteiger charge is -2.24. The molecule has 0 fully saturated rings. The number of ether oxygens (including phenoxy) is 2. The topological polar surface area (TPSA) is 42.0 Å². The summed E-state index contributed by atoms with van der Waals surface area (Å²) in [5.41, 5.74) is 0. The molecule has 0 aliphatic heterocycles. The molecule has 0 rings (SSSR count). The standard InChI is InChI=1S/C13H28N2O3/c1-6-15(11-12(16)14(4)5)10-9-13(17-7-2)18-8-3/h13H,6-11H2,1-5H3. The first-order chi connectivity index (χ1) is 8.54. The molecule has 1 amide bonds. The molecule has 0 atom stereocenters. The van der Waals surface area contributed by atoms with E-state index in [0.29, 0.717) is 19.8 Å². The zero-order valence-electron chi connectivity index (χ0n) is 12.4. The molecule has 5 nitrogen and oxygen atoms in total. The number of hydrogen-bond donors (Lipinski definition) is 0. The largest absolute Gasteiger partial charge is 0.353 e. The van der Waals surface area contributed by atoms with Gasteiger partial charge in [0.2, 0.25) is 5.91 Å². The molecule has 0 spiro atoms. The van der Waals surface area contributed by atoms with E-state index in [-0.39, 0.29) is 12.2 Å². The Labute approximate surface area is 111 Å². The molecule has 0 aliphatic rings. The lowest BCUT2D eigenvalue weighted by Crippen LogP contribution is -2.38. The van der Waals surface area contributed by atoms with Gasteiger partial charge in [0.05, 0.1) is 6.54 Å². The van der Waals surface area contributed by atoms with Crippen molar-refractivity contribution in [2.24, 2.45) is 0 Å². The highest BCUT2D eigenvalue weighted by molar-refractivity contribution is 5.77. The van der Waals surface area contributed by atoms with E-state index >= 15 is 0 Å². The molecule has 0 bridgehead atoms. The number of likely N-dealkylation sites (N-methyl/N-ethyl adjacent to an activating group) is 2. The van der Waals surface area contributed by atoms with Crippen LogP contribution in [0.4, 0.5) is 0 Å². The second-order valence-electron chi connectivity index (χ2n) is 4.29. The summed E-state index contributed by atoms with van der Waals surface area (Å²) in [6, 6.07) is 0. The summed E-state index contributed by atoms with van der Waals surface area (Å²) in [5, 5.41) is 0. The van der Waals surface area contributed by atoms with Gasteiger partial charge >= 0.3 is 0 Å².